The van der Waals surface area contributed by atoms with Gasteiger partial charge in [0, 0.05) is 12.1 Å². The summed E-state index contributed by atoms with van der Waals surface area (Å²) in [5.74, 6) is 3.04. The molecule has 0 radical (unpaired) electrons. The molecule has 1 aromatic rings. The van der Waals surface area contributed by atoms with Crippen molar-refractivity contribution in [2.75, 3.05) is 0 Å². The van der Waals surface area contributed by atoms with Crippen molar-refractivity contribution in [1.82, 2.24) is 4.98 Å². The molecule has 1 aliphatic rings. The average Bonchev–Trinajstić information content (AvgIpc) is 2.55. The summed E-state index contributed by atoms with van der Waals surface area (Å²) >= 11 is 0. The first-order valence-electron chi connectivity index (χ1n) is 5.46. The van der Waals surface area contributed by atoms with Gasteiger partial charge in [-0.1, -0.05) is 32.1 Å². The van der Waals surface area contributed by atoms with Crippen LogP contribution in [0.15, 0.2) is 12.0 Å². The van der Waals surface area contributed by atoms with E-state index in [-0.39, 0.29) is 0 Å². The van der Waals surface area contributed by atoms with E-state index in [1.165, 1.54) is 50.4 Å². The SMILES string of the molecule is c1c[pH]c(C2CCCCCCC2)n1. The monoisotopic (exact) mass is 195 g/mol. The minimum atomic E-state index is 0.827. The number of aromatic nitrogens is 1. The molecule has 1 unspecified atom stereocenters. The molecule has 1 atom stereocenters. The van der Waals surface area contributed by atoms with Crippen LogP contribution in [0.25, 0.3) is 0 Å². The normalized spacial score (nSPS) is 21.5. The van der Waals surface area contributed by atoms with Gasteiger partial charge in [0.2, 0.25) is 0 Å². The van der Waals surface area contributed by atoms with Gasteiger partial charge in [0.25, 0.3) is 0 Å². The molecule has 0 saturated heterocycles. The van der Waals surface area contributed by atoms with Crippen molar-refractivity contribution in [3.8, 4) is 0 Å². The van der Waals surface area contributed by atoms with Crippen molar-refractivity contribution in [3.63, 3.8) is 0 Å². The summed E-state index contributed by atoms with van der Waals surface area (Å²) in [6.07, 6.45) is 12.0. The highest BCUT2D eigenvalue weighted by Gasteiger charge is 2.14. The maximum Gasteiger partial charge on any atom is 0.0592 e. The van der Waals surface area contributed by atoms with E-state index in [1.807, 2.05) is 6.20 Å². The van der Waals surface area contributed by atoms with Crippen LogP contribution in [0, 0.1) is 0 Å². The molecule has 0 N–H and O–H groups in total. The third kappa shape index (κ3) is 2.57. The molecule has 13 heavy (non-hydrogen) atoms. The molecular weight excluding hydrogens is 177 g/mol. The first-order chi connectivity index (χ1) is 6.47. The Morgan fingerprint density at radius 2 is 1.77 bits per heavy atom. The molecule has 2 rings (SSSR count). The second-order valence-corrected chi connectivity index (χ2v) is 5.15. The zero-order valence-electron chi connectivity index (χ0n) is 8.13. The highest BCUT2D eigenvalue weighted by atomic mass is 31.0. The molecule has 0 amide bonds. The largest absolute Gasteiger partial charge is 0.257 e. The first-order valence-corrected chi connectivity index (χ1v) is 6.54. The Morgan fingerprint density at radius 1 is 1.08 bits per heavy atom. The fraction of sp³-hybridized carbons (Fsp3) is 0.727. The van der Waals surface area contributed by atoms with Gasteiger partial charge in [-0.25, -0.2) is 0 Å². The molecule has 1 fully saturated rings. The Labute approximate surface area is 82.1 Å². The van der Waals surface area contributed by atoms with Gasteiger partial charge in [0.15, 0.2) is 0 Å². The van der Waals surface area contributed by atoms with E-state index < -0.39 is 0 Å². The maximum absolute atomic E-state index is 4.48. The topological polar surface area (TPSA) is 12.9 Å². The smallest absolute Gasteiger partial charge is 0.0592 e. The molecule has 0 aliphatic heterocycles. The number of hydrogen-bond donors (Lipinski definition) is 0. The van der Waals surface area contributed by atoms with Gasteiger partial charge in [-0.15, -0.1) is 8.19 Å². The lowest BCUT2D eigenvalue weighted by atomic mass is 9.92. The minimum absolute atomic E-state index is 0.827. The molecule has 0 bridgehead atoms. The highest BCUT2D eigenvalue weighted by Crippen LogP contribution is 2.33. The van der Waals surface area contributed by atoms with Gasteiger partial charge in [0.1, 0.15) is 0 Å². The summed E-state index contributed by atoms with van der Waals surface area (Å²) in [4.78, 5) is 4.48. The fourth-order valence-corrected chi connectivity index (χ4v) is 3.22. The summed E-state index contributed by atoms with van der Waals surface area (Å²) < 4.78 is 0. The van der Waals surface area contributed by atoms with E-state index in [4.69, 9.17) is 0 Å². The summed E-state index contributed by atoms with van der Waals surface area (Å²) in [5.41, 5.74) is 1.49. The lowest BCUT2D eigenvalue weighted by molar-refractivity contribution is 0.454. The van der Waals surface area contributed by atoms with Crippen molar-refractivity contribution in [2.24, 2.45) is 0 Å². The Bertz CT molecular complexity index is 222. The van der Waals surface area contributed by atoms with Crippen molar-refractivity contribution >= 4 is 8.19 Å². The standard InChI is InChI=1S/C11H18NP/c1-2-4-6-10(7-5-3-1)11-12-8-9-13-11/h8-10,13H,1-7H2. The zero-order valence-corrected chi connectivity index (χ0v) is 9.13. The lowest BCUT2D eigenvalue weighted by Gasteiger charge is -2.17. The van der Waals surface area contributed by atoms with Crippen LogP contribution in [0.2, 0.25) is 0 Å². The summed E-state index contributed by atoms with van der Waals surface area (Å²) in [5, 5.41) is 0. The van der Waals surface area contributed by atoms with E-state index in [0.717, 1.165) is 14.1 Å². The lowest BCUT2D eigenvalue weighted by Crippen LogP contribution is -2.01. The van der Waals surface area contributed by atoms with Gasteiger partial charge >= 0.3 is 0 Å². The van der Waals surface area contributed by atoms with Gasteiger partial charge in [0.05, 0.1) is 5.43 Å². The van der Waals surface area contributed by atoms with Crippen LogP contribution in [0.4, 0.5) is 0 Å². The summed E-state index contributed by atoms with van der Waals surface area (Å²) in [6, 6.07) is 0. The minimum Gasteiger partial charge on any atom is -0.257 e. The highest BCUT2D eigenvalue weighted by molar-refractivity contribution is 7.30. The van der Waals surface area contributed by atoms with Crippen LogP contribution in [0.1, 0.15) is 56.3 Å². The molecule has 0 spiro atoms. The molecule has 1 saturated carbocycles. The van der Waals surface area contributed by atoms with Crippen molar-refractivity contribution in [3.05, 3.63) is 17.4 Å². The number of hydrogen-bond acceptors (Lipinski definition) is 1. The molecule has 1 aromatic heterocycles. The van der Waals surface area contributed by atoms with Gasteiger partial charge in [-0.2, -0.15) is 0 Å². The average molecular weight is 195 g/mol. The summed E-state index contributed by atoms with van der Waals surface area (Å²) in [7, 11) is 0.895. The van der Waals surface area contributed by atoms with E-state index in [0.29, 0.717) is 0 Å². The van der Waals surface area contributed by atoms with Gasteiger partial charge in [-0.3, -0.25) is 4.98 Å². The Morgan fingerprint density at radius 3 is 2.38 bits per heavy atom. The van der Waals surface area contributed by atoms with Crippen molar-refractivity contribution in [1.29, 1.82) is 0 Å². The molecule has 1 nitrogen and oxygen atoms in total. The van der Waals surface area contributed by atoms with E-state index >= 15 is 0 Å². The third-order valence-corrected chi connectivity index (χ3v) is 4.16. The van der Waals surface area contributed by atoms with Crippen LogP contribution in [-0.4, -0.2) is 4.98 Å². The second-order valence-electron chi connectivity index (χ2n) is 4.02. The molecule has 72 valence electrons. The maximum atomic E-state index is 4.48. The van der Waals surface area contributed by atoms with Crippen LogP contribution < -0.4 is 0 Å². The van der Waals surface area contributed by atoms with E-state index in [9.17, 15) is 0 Å². The van der Waals surface area contributed by atoms with Crippen LogP contribution in [-0.2, 0) is 0 Å². The summed E-state index contributed by atoms with van der Waals surface area (Å²) in [6.45, 7) is 0. The van der Waals surface area contributed by atoms with Crippen LogP contribution in [0.5, 0.6) is 0 Å². The molecule has 2 heteroatoms. The van der Waals surface area contributed by atoms with E-state index in [2.05, 4.69) is 10.8 Å². The quantitative estimate of drug-likeness (QED) is 0.661. The van der Waals surface area contributed by atoms with E-state index in [1.54, 1.807) is 0 Å². The number of rotatable bonds is 1. The van der Waals surface area contributed by atoms with Gasteiger partial charge < -0.3 is 0 Å². The molecule has 0 aromatic carbocycles. The Kier molecular flexibility index (Phi) is 3.43. The fourth-order valence-electron chi connectivity index (χ4n) is 2.23. The third-order valence-electron chi connectivity index (χ3n) is 3.01. The van der Waals surface area contributed by atoms with Crippen molar-refractivity contribution in [2.45, 2.75) is 50.9 Å². The number of nitrogens with zero attached hydrogens (tertiary/aromatic N) is 1. The second kappa shape index (κ2) is 4.81. The Hall–Kier alpha value is -0.290. The predicted octanol–water partition coefficient (Wildman–Crippen LogP) is 3.94. The molecular formula is C11H18NP. The van der Waals surface area contributed by atoms with Crippen molar-refractivity contribution < 1.29 is 0 Å². The van der Waals surface area contributed by atoms with Gasteiger partial charge in [-0.05, 0) is 18.6 Å². The molecule has 1 aliphatic carbocycles. The zero-order chi connectivity index (χ0) is 8.93. The molecule has 1 heterocycles. The first kappa shape index (κ1) is 9.27. The predicted molar refractivity (Wildman–Crippen MR) is 58.8 cm³/mol. The van der Waals surface area contributed by atoms with Crippen LogP contribution in [0.3, 0.4) is 0 Å². The Balaban J connectivity index is 1.96. The van der Waals surface area contributed by atoms with Crippen LogP contribution >= 0.6 is 8.19 Å².